The van der Waals surface area contributed by atoms with Crippen LogP contribution in [0.15, 0.2) is 22.7 Å². The number of hydrogen-bond acceptors (Lipinski definition) is 3. The Morgan fingerprint density at radius 1 is 1.37 bits per heavy atom. The second kappa shape index (κ2) is 6.73. The minimum absolute atomic E-state index is 0.576. The first-order valence-electron chi connectivity index (χ1n) is 7.09. The lowest BCUT2D eigenvalue weighted by atomic mass is 10.1. The first-order valence-corrected chi connectivity index (χ1v) is 7.88. The van der Waals surface area contributed by atoms with Crippen molar-refractivity contribution in [3.63, 3.8) is 0 Å². The molecule has 0 bridgehead atoms. The lowest BCUT2D eigenvalue weighted by Gasteiger charge is -2.33. The van der Waals surface area contributed by atoms with Gasteiger partial charge in [0.05, 0.1) is 0 Å². The molecule has 1 unspecified atom stereocenters. The summed E-state index contributed by atoms with van der Waals surface area (Å²) < 4.78 is 1.13. The molecule has 0 radical (unpaired) electrons. The predicted molar refractivity (Wildman–Crippen MR) is 85.6 cm³/mol. The third-order valence-electron chi connectivity index (χ3n) is 3.95. The Kier molecular flexibility index (Phi) is 5.25. The standard InChI is InChI=1S/C15H24BrN3/c1-3-14-11-18(2)7-4-8-19(14)15-9-13(16)6-5-12(15)10-17/h5-6,9,14H,3-4,7-8,10-11,17H2,1-2H3. The summed E-state index contributed by atoms with van der Waals surface area (Å²) in [5.41, 5.74) is 8.45. The van der Waals surface area contributed by atoms with Crippen LogP contribution in [0.5, 0.6) is 0 Å². The maximum atomic E-state index is 5.91. The third-order valence-corrected chi connectivity index (χ3v) is 4.44. The van der Waals surface area contributed by atoms with Gasteiger partial charge in [0.15, 0.2) is 0 Å². The molecule has 2 rings (SSSR count). The van der Waals surface area contributed by atoms with Crippen molar-refractivity contribution in [2.45, 2.75) is 32.4 Å². The Bertz CT molecular complexity index is 422. The van der Waals surface area contributed by atoms with Crippen molar-refractivity contribution < 1.29 is 0 Å². The van der Waals surface area contributed by atoms with E-state index in [1.54, 1.807) is 0 Å². The fourth-order valence-electron chi connectivity index (χ4n) is 2.89. The summed E-state index contributed by atoms with van der Waals surface area (Å²) in [5, 5.41) is 0. The molecular weight excluding hydrogens is 302 g/mol. The highest BCUT2D eigenvalue weighted by Crippen LogP contribution is 2.29. The number of benzene rings is 1. The maximum absolute atomic E-state index is 5.91. The van der Waals surface area contributed by atoms with E-state index in [1.165, 1.54) is 30.6 Å². The van der Waals surface area contributed by atoms with Gasteiger partial charge in [-0.25, -0.2) is 0 Å². The molecule has 1 saturated heterocycles. The fourth-order valence-corrected chi connectivity index (χ4v) is 3.24. The zero-order valence-electron chi connectivity index (χ0n) is 11.9. The Morgan fingerprint density at radius 3 is 2.84 bits per heavy atom. The molecule has 106 valence electrons. The molecule has 4 heteroatoms. The van der Waals surface area contributed by atoms with Gasteiger partial charge in [-0.05, 0) is 44.1 Å². The zero-order valence-corrected chi connectivity index (χ0v) is 13.5. The molecule has 1 aliphatic heterocycles. The van der Waals surface area contributed by atoms with Gasteiger partial charge >= 0.3 is 0 Å². The largest absolute Gasteiger partial charge is 0.367 e. The number of likely N-dealkylation sites (N-methyl/N-ethyl adjacent to an activating group) is 1. The van der Waals surface area contributed by atoms with Gasteiger partial charge in [0.25, 0.3) is 0 Å². The van der Waals surface area contributed by atoms with Gasteiger partial charge in [0.2, 0.25) is 0 Å². The summed E-state index contributed by atoms with van der Waals surface area (Å²) >= 11 is 3.59. The Hall–Kier alpha value is -0.580. The average Bonchev–Trinajstić information content (AvgIpc) is 2.60. The summed E-state index contributed by atoms with van der Waals surface area (Å²) in [4.78, 5) is 4.99. The van der Waals surface area contributed by atoms with Crippen molar-refractivity contribution >= 4 is 21.6 Å². The molecule has 2 N–H and O–H groups in total. The molecule has 0 amide bonds. The fraction of sp³-hybridized carbons (Fsp3) is 0.600. The van der Waals surface area contributed by atoms with Crippen LogP contribution >= 0.6 is 15.9 Å². The Morgan fingerprint density at radius 2 is 2.16 bits per heavy atom. The van der Waals surface area contributed by atoms with Crippen LogP contribution in [-0.4, -0.2) is 37.6 Å². The van der Waals surface area contributed by atoms with E-state index in [2.05, 4.69) is 57.9 Å². The van der Waals surface area contributed by atoms with Gasteiger partial charge in [-0.2, -0.15) is 0 Å². The summed E-state index contributed by atoms with van der Waals surface area (Å²) in [6.45, 7) is 6.31. The van der Waals surface area contributed by atoms with E-state index in [1.807, 2.05) is 0 Å². The topological polar surface area (TPSA) is 32.5 Å². The number of rotatable bonds is 3. The average molecular weight is 326 g/mol. The predicted octanol–water partition coefficient (Wildman–Crippen LogP) is 2.83. The van der Waals surface area contributed by atoms with E-state index in [0.29, 0.717) is 12.6 Å². The Labute approximate surface area is 124 Å². The third kappa shape index (κ3) is 3.50. The van der Waals surface area contributed by atoms with Gasteiger partial charge in [0, 0.05) is 35.8 Å². The first kappa shape index (κ1) is 14.8. The summed E-state index contributed by atoms with van der Waals surface area (Å²) in [7, 11) is 2.22. The minimum atomic E-state index is 0.576. The molecule has 0 aliphatic carbocycles. The minimum Gasteiger partial charge on any atom is -0.367 e. The molecule has 0 saturated carbocycles. The monoisotopic (exact) mass is 325 g/mol. The van der Waals surface area contributed by atoms with E-state index in [4.69, 9.17) is 5.73 Å². The maximum Gasteiger partial charge on any atom is 0.0426 e. The van der Waals surface area contributed by atoms with Crippen molar-refractivity contribution in [1.29, 1.82) is 0 Å². The summed E-state index contributed by atoms with van der Waals surface area (Å²) in [5.74, 6) is 0. The van der Waals surface area contributed by atoms with Crippen molar-refractivity contribution in [2.75, 3.05) is 31.6 Å². The van der Waals surface area contributed by atoms with E-state index in [0.717, 1.165) is 17.6 Å². The van der Waals surface area contributed by atoms with Crippen LogP contribution in [0.2, 0.25) is 0 Å². The van der Waals surface area contributed by atoms with Gasteiger partial charge in [-0.1, -0.05) is 28.9 Å². The second-order valence-corrected chi connectivity index (χ2v) is 6.26. The SMILES string of the molecule is CCC1CN(C)CCCN1c1cc(Br)ccc1CN. The van der Waals surface area contributed by atoms with Crippen LogP contribution in [0.3, 0.4) is 0 Å². The van der Waals surface area contributed by atoms with Gasteiger partial charge < -0.3 is 15.5 Å². The molecule has 1 fully saturated rings. The molecule has 0 spiro atoms. The van der Waals surface area contributed by atoms with Crippen LogP contribution in [-0.2, 0) is 6.54 Å². The molecular formula is C15H24BrN3. The number of anilines is 1. The molecule has 1 aromatic carbocycles. The molecule has 1 heterocycles. The zero-order chi connectivity index (χ0) is 13.8. The van der Waals surface area contributed by atoms with Crippen LogP contribution in [0, 0.1) is 0 Å². The molecule has 0 aromatic heterocycles. The van der Waals surface area contributed by atoms with Crippen molar-refractivity contribution in [1.82, 2.24) is 4.90 Å². The highest BCUT2D eigenvalue weighted by molar-refractivity contribution is 9.10. The molecule has 1 atom stereocenters. The Balaban J connectivity index is 2.34. The van der Waals surface area contributed by atoms with Gasteiger partial charge in [-0.3, -0.25) is 0 Å². The highest BCUT2D eigenvalue weighted by atomic mass is 79.9. The molecule has 19 heavy (non-hydrogen) atoms. The van der Waals surface area contributed by atoms with Crippen molar-refractivity contribution in [3.8, 4) is 0 Å². The van der Waals surface area contributed by atoms with Crippen LogP contribution in [0.25, 0.3) is 0 Å². The lowest BCUT2D eigenvalue weighted by Crippen LogP contribution is -2.40. The lowest BCUT2D eigenvalue weighted by molar-refractivity contribution is 0.328. The highest BCUT2D eigenvalue weighted by Gasteiger charge is 2.23. The summed E-state index contributed by atoms with van der Waals surface area (Å²) in [6, 6.07) is 7.01. The van der Waals surface area contributed by atoms with E-state index in [9.17, 15) is 0 Å². The molecule has 1 aromatic rings. The van der Waals surface area contributed by atoms with Crippen LogP contribution in [0.1, 0.15) is 25.3 Å². The number of hydrogen-bond donors (Lipinski definition) is 1. The van der Waals surface area contributed by atoms with Crippen molar-refractivity contribution in [3.05, 3.63) is 28.2 Å². The van der Waals surface area contributed by atoms with Gasteiger partial charge in [0.1, 0.15) is 0 Å². The quantitative estimate of drug-likeness (QED) is 0.927. The van der Waals surface area contributed by atoms with Crippen LogP contribution < -0.4 is 10.6 Å². The smallest absolute Gasteiger partial charge is 0.0426 e. The number of nitrogens with zero attached hydrogens (tertiary/aromatic N) is 2. The second-order valence-electron chi connectivity index (χ2n) is 5.35. The van der Waals surface area contributed by atoms with Crippen LogP contribution in [0.4, 0.5) is 5.69 Å². The number of halogens is 1. The summed E-state index contributed by atoms with van der Waals surface area (Å²) in [6.07, 6.45) is 2.38. The van der Waals surface area contributed by atoms with Gasteiger partial charge in [-0.15, -0.1) is 0 Å². The molecule has 3 nitrogen and oxygen atoms in total. The van der Waals surface area contributed by atoms with Crippen molar-refractivity contribution in [2.24, 2.45) is 5.73 Å². The normalized spacial score (nSPS) is 21.5. The van der Waals surface area contributed by atoms with E-state index >= 15 is 0 Å². The van der Waals surface area contributed by atoms with E-state index in [-0.39, 0.29) is 0 Å². The van der Waals surface area contributed by atoms with E-state index < -0.39 is 0 Å². The number of nitrogens with two attached hydrogens (primary N) is 1. The first-order chi connectivity index (χ1) is 9.15. The molecule has 1 aliphatic rings.